The van der Waals surface area contributed by atoms with Gasteiger partial charge < -0.3 is 5.32 Å². The summed E-state index contributed by atoms with van der Waals surface area (Å²) >= 11 is 0. The highest BCUT2D eigenvalue weighted by atomic mass is 16.1. The van der Waals surface area contributed by atoms with Crippen molar-refractivity contribution >= 4 is 22.5 Å². The molecule has 1 amide bonds. The molecule has 4 rings (SSSR count). The van der Waals surface area contributed by atoms with Crippen LogP contribution in [0.1, 0.15) is 27.9 Å². The van der Waals surface area contributed by atoms with Crippen molar-refractivity contribution in [2.45, 2.75) is 19.3 Å². The maximum Gasteiger partial charge on any atom is 0.255 e. The molecule has 0 fully saturated rings. The average molecular weight is 288 g/mol. The van der Waals surface area contributed by atoms with E-state index in [9.17, 15) is 4.79 Å². The van der Waals surface area contributed by atoms with Gasteiger partial charge in [0.2, 0.25) is 0 Å². The highest BCUT2D eigenvalue weighted by Gasteiger charge is 2.14. The van der Waals surface area contributed by atoms with Gasteiger partial charge in [-0.05, 0) is 66.8 Å². The lowest BCUT2D eigenvalue weighted by Gasteiger charge is -2.09. The molecule has 3 nitrogen and oxygen atoms in total. The van der Waals surface area contributed by atoms with Crippen LogP contribution in [0.4, 0.5) is 5.69 Å². The van der Waals surface area contributed by atoms with Gasteiger partial charge in [-0.3, -0.25) is 9.78 Å². The first-order valence-electron chi connectivity index (χ1n) is 7.58. The molecule has 0 saturated heterocycles. The number of nitrogens with one attached hydrogen (secondary N) is 1. The molecule has 0 saturated carbocycles. The minimum Gasteiger partial charge on any atom is -0.321 e. The number of fused-ring (bicyclic) bond motifs is 2. The number of rotatable bonds is 2. The van der Waals surface area contributed by atoms with Crippen LogP contribution in [0.5, 0.6) is 0 Å². The number of carbonyl (C=O) groups excluding carboxylic acids is 1. The monoisotopic (exact) mass is 288 g/mol. The van der Waals surface area contributed by atoms with Gasteiger partial charge in [-0.15, -0.1) is 0 Å². The van der Waals surface area contributed by atoms with Crippen molar-refractivity contribution in [2.75, 3.05) is 5.32 Å². The van der Waals surface area contributed by atoms with E-state index in [1.165, 1.54) is 17.5 Å². The number of hydrogen-bond donors (Lipinski definition) is 1. The first kappa shape index (κ1) is 13.0. The molecule has 0 spiro atoms. The molecule has 1 aliphatic carbocycles. The third-order valence-electron chi connectivity index (χ3n) is 4.25. The lowest BCUT2D eigenvalue weighted by atomic mass is 10.1. The molecule has 0 atom stereocenters. The summed E-state index contributed by atoms with van der Waals surface area (Å²) in [5, 5.41) is 3.97. The maximum absolute atomic E-state index is 12.5. The van der Waals surface area contributed by atoms with Gasteiger partial charge >= 0.3 is 0 Å². The van der Waals surface area contributed by atoms with Gasteiger partial charge in [-0.1, -0.05) is 12.1 Å². The van der Waals surface area contributed by atoms with Crippen molar-refractivity contribution in [3.8, 4) is 0 Å². The molecule has 0 bridgehead atoms. The van der Waals surface area contributed by atoms with Gasteiger partial charge in [0.1, 0.15) is 0 Å². The zero-order valence-electron chi connectivity index (χ0n) is 12.2. The van der Waals surface area contributed by atoms with Crippen LogP contribution in [0, 0.1) is 0 Å². The second-order valence-corrected chi connectivity index (χ2v) is 5.67. The first-order valence-corrected chi connectivity index (χ1v) is 7.58. The van der Waals surface area contributed by atoms with Gasteiger partial charge in [0, 0.05) is 17.1 Å². The fraction of sp³-hybridized carbons (Fsp3) is 0.158. The Morgan fingerprint density at radius 1 is 1.00 bits per heavy atom. The minimum absolute atomic E-state index is 0.0638. The summed E-state index contributed by atoms with van der Waals surface area (Å²) in [6.07, 6.45) is 5.16. The summed E-state index contributed by atoms with van der Waals surface area (Å²) < 4.78 is 0. The number of amides is 1. The van der Waals surface area contributed by atoms with Crippen LogP contribution in [0.25, 0.3) is 10.9 Å². The second kappa shape index (κ2) is 5.26. The van der Waals surface area contributed by atoms with Crippen molar-refractivity contribution in [3.05, 3.63) is 71.4 Å². The number of aromatic nitrogens is 1. The summed E-state index contributed by atoms with van der Waals surface area (Å²) in [6.45, 7) is 0. The summed E-state index contributed by atoms with van der Waals surface area (Å²) in [6, 6.07) is 15.7. The molecular weight excluding hydrogens is 272 g/mol. The predicted octanol–water partition coefficient (Wildman–Crippen LogP) is 3.98. The highest BCUT2D eigenvalue weighted by Crippen LogP contribution is 2.25. The predicted molar refractivity (Wildman–Crippen MR) is 88.2 cm³/mol. The van der Waals surface area contributed by atoms with E-state index in [1.54, 1.807) is 6.20 Å². The molecule has 0 radical (unpaired) electrons. The smallest absolute Gasteiger partial charge is 0.255 e. The number of nitrogens with zero attached hydrogens (tertiary/aromatic N) is 1. The Morgan fingerprint density at radius 2 is 1.91 bits per heavy atom. The lowest BCUT2D eigenvalue weighted by molar-refractivity contribution is 0.102. The van der Waals surface area contributed by atoms with E-state index in [1.807, 2.05) is 42.5 Å². The van der Waals surface area contributed by atoms with Crippen LogP contribution in [0.2, 0.25) is 0 Å². The van der Waals surface area contributed by atoms with Crippen molar-refractivity contribution < 1.29 is 4.79 Å². The number of anilines is 1. The fourth-order valence-electron chi connectivity index (χ4n) is 3.12. The van der Waals surface area contributed by atoms with Gasteiger partial charge in [-0.2, -0.15) is 0 Å². The first-order chi connectivity index (χ1) is 10.8. The third kappa shape index (κ3) is 2.25. The van der Waals surface area contributed by atoms with Crippen LogP contribution in [0.3, 0.4) is 0 Å². The molecule has 3 aromatic rings. The Bertz CT molecular complexity index is 865. The van der Waals surface area contributed by atoms with Crippen molar-refractivity contribution in [2.24, 2.45) is 0 Å². The van der Waals surface area contributed by atoms with Crippen LogP contribution in [-0.4, -0.2) is 10.9 Å². The van der Waals surface area contributed by atoms with Crippen molar-refractivity contribution in [1.29, 1.82) is 0 Å². The van der Waals surface area contributed by atoms with E-state index in [4.69, 9.17) is 0 Å². The van der Waals surface area contributed by atoms with Gasteiger partial charge in [0.15, 0.2) is 0 Å². The van der Waals surface area contributed by atoms with E-state index in [0.29, 0.717) is 0 Å². The lowest BCUT2D eigenvalue weighted by Crippen LogP contribution is -2.12. The molecule has 108 valence electrons. The Hall–Kier alpha value is -2.68. The largest absolute Gasteiger partial charge is 0.321 e. The Labute approximate surface area is 129 Å². The molecule has 1 N–H and O–H groups in total. The normalized spacial score (nSPS) is 13.1. The van der Waals surface area contributed by atoms with Gasteiger partial charge in [0.05, 0.1) is 11.2 Å². The van der Waals surface area contributed by atoms with E-state index in [2.05, 4.69) is 16.4 Å². The van der Waals surface area contributed by atoms with E-state index in [0.717, 1.165) is 35.0 Å². The molecule has 0 aliphatic heterocycles. The molecule has 0 unspecified atom stereocenters. The molecular formula is C19H16N2O. The quantitative estimate of drug-likeness (QED) is 0.775. The van der Waals surface area contributed by atoms with Crippen LogP contribution in [0.15, 0.2) is 54.7 Å². The Kier molecular flexibility index (Phi) is 3.11. The van der Waals surface area contributed by atoms with Crippen LogP contribution < -0.4 is 5.32 Å². The number of carbonyl (C=O) groups is 1. The number of aryl methyl sites for hydroxylation is 2. The average Bonchev–Trinajstić information content (AvgIpc) is 3.02. The molecule has 22 heavy (non-hydrogen) atoms. The minimum atomic E-state index is -0.0638. The summed E-state index contributed by atoms with van der Waals surface area (Å²) in [4.78, 5) is 16.8. The summed E-state index contributed by atoms with van der Waals surface area (Å²) in [5.74, 6) is -0.0638. The zero-order valence-corrected chi connectivity index (χ0v) is 12.2. The summed E-state index contributed by atoms with van der Waals surface area (Å²) in [7, 11) is 0. The topological polar surface area (TPSA) is 42.0 Å². The second-order valence-electron chi connectivity index (χ2n) is 5.67. The standard InChI is InChI=1S/C19H16N2O/c22-19(15-10-9-13-4-1-5-14(13)12-15)21-18-8-2-7-17-16(18)6-3-11-20-17/h2-3,6-12H,1,4-5H2,(H,21,22). The highest BCUT2D eigenvalue weighted by molar-refractivity contribution is 6.08. The number of hydrogen-bond acceptors (Lipinski definition) is 2. The number of pyridine rings is 1. The molecule has 3 heteroatoms. The molecule has 1 aromatic heterocycles. The maximum atomic E-state index is 12.5. The summed E-state index contributed by atoms with van der Waals surface area (Å²) in [5.41, 5.74) is 5.10. The van der Waals surface area contributed by atoms with Gasteiger partial charge in [-0.25, -0.2) is 0 Å². The van der Waals surface area contributed by atoms with Crippen LogP contribution >= 0.6 is 0 Å². The molecule has 1 heterocycles. The van der Waals surface area contributed by atoms with E-state index >= 15 is 0 Å². The zero-order chi connectivity index (χ0) is 14.9. The van der Waals surface area contributed by atoms with Crippen LogP contribution in [-0.2, 0) is 12.8 Å². The van der Waals surface area contributed by atoms with Crippen molar-refractivity contribution in [1.82, 2.24) is 4.98 Å². The SMILES string of the molecule is O=C(Nc1cccc2ncccc12)c1ccc2c(c1)CCC2. The van der Waals surface area contributed by atoms with Crippen molar-refractivity contribution in [3.63, 3.8) is 0 Å². The molecule has 2 aromatic carbocycles. The van der Waals surface area contributed by atoms with Gasteiger partial charge in [0.25, 0.3) is 5.91 Å². The molecule has 1 aliphatic rings. The Balaban J connectivity index is 1.66. The Morgan fingerprint density at radius 3 is 2.86 bits per heavy atom. The van der Waals surface area contributed by atoms with E-state index in [-0.39, 0.29) is 5.91 Å². The third-order valence-corrected chi connectivity index (χ3v) is 4.25. The fourth-order valence-corrected chi connectivity index (χ4v) is 3.12. The van der Waals surface area contributed by atoms with E-state index < -0.39 is 0 Å². The number of benzene rings is 2.